The second-order valence-corrected chi connectivity index (χ2v) is 8.25. The number of carbonyl (C=O) groups is 2. The van der Waals surface area contributed by atoms with Crippen LogP contribution >= 0.6 is 11.6 Å². The zero-order valence-corrected chi connectivity index (χ0v) is 18.9. The van der Waals surface area contributed by atoms with Crippen LogP contribution in [0.1, 0.15) is 42.6 Å². The highest BCUT2D eigenvalue weighted by atomic mass is 35.5. The van der Waals surface area contributed by atoms with Gasteiger partial charge in [-0.25, -0.2) is 4.79 Å². The van der Waals surface area contributed by atoms with Crippen LogP contribution < -0.4 is 16.0 Å². The van der Waals surface area contributed by atoms with Crippen molar-refractivity contribution in [3.63, 3.8) is 0 Å². The van der Waals surface area contributed by atoms with Gasteiger partial charge in [0.05, 0.1) is 10.6 Å². The van der Waals surface area contributed by atoms with Gasteiger partial charge in [-0.3, -0.25) is 9.69 Å². The Bertz CT molecular complexity index is 882. The van der Waals surface area contributed by atoms with Gasteiger partial charge in [0.25, 0.3) is 5.91 Å². The maximum atomic E-state index is 12.5. The molecule has 1 fully saturated rings. The number of likely N-dealkylation sites (N-methyl/N-ethyl adjacent to an activating group) is 1. The van der Waals surface area contributed by atoms with Crippen molar-refractivity contribution in [3.8, 4) is 0 Å². The molecule has 2 aromatic carbocycles. The van der Waals surface area contributed by atoms with Crippen molar-refractivity contribution in [2.45, 2.75) is 45.2 Å². The highest BCUT2D eigenvalue weighted by Gasteiger charge is 2.25. The minimum absolute atomic E-state index is 0.188. The van der Waals surface area contributed by atoms with Crippen molar-refractivity contribution >= 4 is 29.2 Å². The number of nitrogens with zero attached hydrogens (tertiary/aromatic N) is 1. The zero-order valence-electron chi connectivity index (χ0n) is 18.2. The number of urea groups is 1. The largest absolute Gasteiger partial charge is 0.349 e. The lowest BCUT2D eigenvalue weighted by Gasteiger charge is -2.30. The molecule has 0 radical (unpaired) electrons. The number of hydrogen-bond acceptors (Lipinski definition) is 3. The van der Waals surface area contributed by atoms with E-state index in [4.69, 9.17) is 11.6 Å². The van der Waals surface area contributed by atoms with E-state index in [1.165, 1.54) is 5.56 Å². The molecule has 3 amide bonds. The number of anilines is 1. The summed E-state index contributed by atoms with van der Waals surface area (Å²) in [7, 11) is 0. The summed E-state index contributed by atoms with van der Waals surface area (Å²) in [5.41, 5.74) is 2.15. The molecule has 0 aromatic heterocycles. The molecular weight excluding hydrogens is 412 g/mol. The number of halogens is 1. The molecule has 0 saturated heterocycles. The molecule has 0 aliphatic heterocycles. The molecule has 6 nitrogen and oxygen atoms in total. The summed E-state index contributed by atoms with van der Waals surface area (Å²) in [5.74, 6) is -0.207. The van der Waals surface area contributed by atoms with E-state index in [9.17, 15) is 9.59 Å². The first-order valence-electron chi connectivity index (χ1n) is 10.9. The summed E-state index contributed by atoms with van der Waals surface area (Å²) in [4.78, 5) is 27.2. The Morgan fingerprint density at radius 3 is 2.45 bits per heavy atom. The molecule has 166 valence electrons. The van der Waals surface area contributed by atoms with Crippen molar-refractivity contribution < 1.29 is 9.59 Å². The molecular formula is C24H31ClN4O2. The Morgan fingerprint density at radius 1 is 1.10 bits per heavy atom. The van der Waals surface area contributed by atoms with Gasteiger partial charge in [0, 0.05) is 24.3 Å². The minimum Gasteiger partial charge on any atom is -0.349 e. The molecule has 3 N–H and O–H groups in total. The number of nitrogens with one attached hydrogen (secondary N) is 3. The summed E-state index contributed by atoms with van der Waals surface area (Å²) in [6, 6.07) is 15.4. The van der Waals surface area contributed by atoms with Crippen molar-refractivity contribution in [3.05, 3.63) is 64.7 Å². The maximum absolute atomic E-state index is 12.5. The topological polar surface area (TPSA) is 73.5 Å². The van der Waals surface area contributed by atoms with E-state index in [-0.39, 0.29) is 24.0 Å². The third-order valence-electron chi connectivity index (χ3n) is 5.52. The van der Waals surface area contributed by atoms with Gasteiger partial charge in [-0.1, -0.05) is 55.8 Å². The van der Waals surface area contributed by atoms with Gasteiger partial charge in [-0.15, -0.1) is 0 Å². The van der Waals surface area contributed by atoms with Crippen molar-refractivity contribution in [2.24, 2.45) is 0 Å². The van der Waals surface area contributed by atoms with Gasteiger partial charge >= 0.3 is 6.03 Å². The van der Waals surface area contributed by atoms with Crippen LogP contribution in [0.25, 0.3) is 0 Å². The van der Waals surface area contributed by atoms with E-state index in [0.29, 0.717) is 22.8 Å². The standard InChI is InChI=1S/C24H31ClN4O2/c1-3-29(4-2)20(14-17-8-6-5-7-9-17)16-26-24(31)28-19-12-13-22(25)21(15-19)23(30)27-18-10-11-18/h5-9,12-13,15,18,20H,3-4,10-11,14,16H2,1-2H3,(H,27,30)(H2,26,28,31). The first kappa shape index (κ1) is 23.1. The van der Waals surface area contributed by atoms with Crippen molar-refractivity contribution in [2.75, 3.05) is 25.0 Å². The SMILES string of the molecule is CCN(CC)C(CNC(=O)Nc1ccc(Cl)c(C(=O)NC2CC2)c1)Cc1ccccc1. The molecule has 3 rings (SSSR count). The van der Waals surface area contributed by atoms with Crippen molar-refractivity contribution in [1.29, 1.82) is 0 Å². The highest BCUT2D eigenvalue weighted by molar-refractivity contribution is 6.34. The molecule has 0 heterocycles. The van der Waals surface area contributed by atoms with Crippen LogP contribution in [0.2, 0.25) is 5.02 Å². The molecule has 0 spiro atoms. The lowest BCUT2D eigenvalue weighted by Crippen LogP contribution is -2.46. The van der Waals surface area contributed by atoms with Crippen LogP contribution in [0, 0.1) is 0 Å². The normalized spacial score (nSPS) is 14.2. The van der Waals surface area contributed by atoms with E-state index >= 15 is 0 Å². The molecule has 31 heavy (non-hydrogen) atoms. The molecule has 1 unspecified atom stereocenters. The summed E-state index contributed by atoms with van der Waals surface area (Å²) >= 11 is 6.18. The molecule has 1 aliphatic rings. The second-order valence-electron chi connectivity index (χ2n) is 7.84. The molecule has 0 bridgehead atoms. The Hall–Kier alpha value is -2.57. The molecule has 1 atom stereocenters. The monoisotopic (exact) mass is 442 g/mol. The van der Waals surface area contributed by atoms with Gasteiger partial charge < -0.3 is 16.0 Å². The quantitative estimate of drug-likeness (QED) is 0.513. The van der Waals surface area contributed by atoms with Gasteiger partial charge in [-0.2, -0.15) is 0 Å². The van der Waals surface area contributed by atoms with Crippen LogP contribution in [0.3, 0.4) is 0 Å². The van der Waals surface area contributed by atoms with Gasteiger partial charge in [0.2, 0.25) is 0 Å². The van der Waals surface area contributed by atoms with Crippen LogP contribution in [0.15, 0.2) is 48.5 Å². The molecule has 1 aliphatic carbocycles. The van der Waals surface area contributed by atoms with Gasteiger partial charge in [0.1, 0.15) is 0 Å². The third-order valence-corrected chi connectivity index (χ3v) is 5.85. The Morgan fingerprint density at radius 2 is 1.81 bits per heavy atom. The number of benzene rings is 2. The predicted octanol–water partition coefficient (Wildman–Crippen LogP) is 4.31. The second kappa shape index (κ2) is 11.2. The third kappa shape index (κ3) is 6.97. The number of hydrogen-bond donors (Lipinski definition) is 3. The van der Waals surface area contributed by atoms with Gasteiger partial charge in [0.15, 0.2) is 0 Å². The van der Waals surface area contributed by atoms with Crippen molar-refractivity contribution in [1.82, 2.24) is 15.5 Å². The lowest BCUT2D eigenvalue weighted by atomic mass is 10.0. The van der Waals surface area contributed by atoms with Crippen LogP contribution in [0.5, 0.6) is 0 Å². The zero-order chi connectivity index (χ0) is 22.2. The fraction of sp³-hybridized carbons (Fsp3) is 0.417. The summed E-state index contributed by atoms with van der Waals surface area (Å²) in [5, 5.41) is 9.09. The predicted molar refractivity (Wildman–Crippen MR) is 126 cm³/mol. The first-order chi connectivity index (χ1) is 15.0. The fourth-order valence-corrected chi connectivity index (χ4v) is 3.81. The summed E-state index contributed by atoms with van der Waals surface area (Å²) in [6.07, 6.45) is 2.86. The highest BCUT2D eigenvalue weighted by Crippen LogP contribution is 2.24. The van der Waals surface area contributed by atoms with E-state index in [1.807, 2.05) is 18.2 Å². The maximum Gasteiger partial charge on any atom is 0.319 e. The minimum atomic E-state index is -0.305. The van der Waals surface area contributed by atoms with E-state index < -0.39 is 0 Å². The van der Waals surface area contributed by atoms with Crippen LogP contribution in [-0.2, 0) is 6.42 Å². The first-order valence-corrected chi connectivity index (χ1v) is 11.3. The van der Waals surface area contributed by atoms with Crippen LogP contribution in [0.4, 0.5) is 10.5 Å². The smallest absolute Gasteiger partial charge is 0.319 e. The Balaban J connectivity index is 1.59. The van der Waals surface area contributed by atoms with Crippen LogP contribution in [-0.4, -0.2) is 48.6 Å². The average molecular weight is 443 g/mol. The Labute approximate surface area is 189 Å². The lowest BCUT2D eigenvalue weighted by molar-refractivity contribution is 0.0951. The summed E-state index contributed by atoms with van der Waals surface area (Å²) < 4.78 is 0. The molecule has 1 saturated carbocycles. The molecule has 7 heteroatoms. The van der Waals surface area contributed by atoms with E-state index in [0.717, 1.165) is 32.4 Å². The van der Waals surface area contributed by atoms with E-state index in [2.05, 4.69) is 46.8 Å². The fourth-order valence-electron chi connectivity index (χ4n) is 3.61. The number of amides is 3. The average Bonchev–Trinajstić information content (AvgIpc) is 3.58. The Kier molecular flexibility index (Phi) is 8.32. The number of carbonyl (C=O) groups excluding carboxylic acids is 2. The summed E-state index contributed by atoms with van der Waals surface area (Å²) in [6.45, 7) is 6.60. The van der Waals surface area contributed by atoms with Gasteiger partial charge in [-0.05, 0) is 56.1 Å². The van der Waals surface area contributed by atoms with E-state index in [1.54, 1.807) is 18.2 Å². The molecule has 2 aromatic rings. The number of rotatable bonds is 10.